The number of phenols is 1. The molecule has 5 aromatic rings. The maximum Gasteiger partial charge on any atom is 0.416 e. The number of nitrogens with zero attached hydrogens (tertiary/aromatic N) is 2. The average molecular weight is 682 g/mol. The molecular weight excluding hydrogens is 650 g/mol. The van der Waals surface area contributed by atoms with Gasteiger partial charge in [0, 0.05) is 18.1 Å². The lowest BCUT2D eigenvalue weighted by Crippen LogP contribution is -2.30. The molecule has 0 aliphatic heterocycles. The highest BCUT2D eigenvalue weighted by Gasteiger charge is 2.30. The second kappa shape index (κ2) is 14.5. The first-order chi connectivity index (χ1) is 22.8. The zero-order valence-corrected chi connectivity index (χ0v) is 27.0. The molecule has 250 valence electrons. The Morgan fingerprint density at radius 1 is 0.979 bits per heavy atom. The van der Waals surface area contributed by atoms with Crippen LogP contribution in [0, 0.1) is 18.7 Å². The van der Waals surface area contributed by atoms with E-state index in [0.29, 0.717) is 35.9 Å². The lowest BCUT2D eigenvalue weighted by molar-refractivity contribution is -0.137. The summed E-state index contributed by atoms with van der Waals surface area (Å²) in [4.78, 5) is 18.0. The number of amides is 1. The number of aromatic hydroxyl groups is 1. The summed E-state index contributed by atoms with van der Waals surface area (Å²) in [5.41, 5.74) is 2.05. The molecule has 1 aromatic heterocycles. The summed E-state index contributed by atoms with van der Waals surface area (Å²) in [6.45, 7) is 5.96. The van der Waals surface area contributed by atoms with Gasteiger partial charge in [-0.05, 0) is 71.8 Å². The first-order valence-corrected chi connectivity index (χ1v) is 15.5. The lowest BCUT2D eigenvalue weighted by atomic mass is 9.98. The Kier molecular flexibility index (Phi) is 10.4. The van der Waals surface area contributed by atoms with Crippen LogP contribution in [-0.2, 0) is 12.6 Å². The molecule has 0 saturated carbocycles. The molecule has 0 spiro atoms. The number of hydrogen-bond acceptors (Lipinski definition) is 6. The van der Waals surface area contributed by atoms with Crippen LogP contribution in [0.4, 0.5) is 17.6 Å². The van der Waals surface area contributed by atoms with Crippen molar-refractivity contribution in [3.63, 3.8) is 0 Å². The van der Waals surface area contributed by atoms with E-state index in [9.17, 15) is 27.5 Å². The summed E-state index contributed by atoms with van der Waals surface area (Å²) in [6, 6.07) is 18.1. The zero-order valence-electron chi connectivity index (χ0n) is 26.2. The van der Waals surface area contributed by atoms with E-state index in [0.717, 1.165) is 28.8 Å². The third-order valence-electron chi connectivity index (χ3n) is 7.61. The van der Waals surface area contributed by atoms with Crippen molar-refractivity contribution in [1.82, 2.24) is 15.5 Å². The van der Waals surface area contributed by atoms with Gasteiger partial charge in [0.15, 0.2) is 5.82 Å². The van der Waals surface area contributed by atoms with Gasteiger partial charge in [-0.1, -0.05) is 73.1 Å². The monoisotopic (exact) mass is 681 g/mol. The number of benzene rings is 4. The topological polar surface area (TPSA) is 97.5 Å². The number of aromatic nitrogens is 2. The van der Waals surface area contributed by atoms with Crippen molar-refractivity contribution >= 4 is 17.5 Å². The van der Waals surface area contributed by atoms with Crippen molar-refractivity contribution in [2.75, 3.05) is 6.61 Å². The molecule has 1 atom stereocenters. The number of hydrogen-bond donors (Lipinski definition) is 2. The number of carbonyl (C=O) groups excluding carboxylic acids is 1. The van der Waals surface area contributed by atoms with Crippen LogP contribution in [0.1, 0.15) is 59.5 Å². The van der Waals surface area contributed by atoms with Crippen molar-refractivity contribution in [2.45, 2.75) is 45.8 Å². The standard InChI is InChI=1S/C36H32ClF4N3O4/c1-20(2)14-15-47-33-19-32(45)28(18-27(33)24-8-11-26(12-9-24)36(39,40)41)34(46)43-31(35-42-21(3)44-48-35)16-22-4-6-23(7-5-22)25-10-13-30(38)29(37)17-25/h4-13,17-20,31,45H,14-16H2,1-3H3,(H,43,46)/t31-/m1/s1. The van der Waals surface area contributed by atoms with Crippen molar-refractivity contribution in [1.29, 1.82) is 0 Å². The van der Waals surface area contributed by atoms with Crippen molar-refractivity contribution < 1.29 is 36.7 Å². The van der Waals surface area contributed by atoms with Gasteiger partial charge in [0.25, 0.3) is 5.91 Å². The molecule has 48 heavy (non-hydrogen) atoms. The van der Waals surface area contributed by atoms with E-state index in [4.69, 9.17) is 20.9 Å². The Hall–Kier alpha value is -4.90. The van der Waals surface area contributed by atoms with E-state index in [1.54, 1.807) is 13.0 Å². The van der Waals surface area contributed by atoms with Crippen LogP contribution in [0.15, 0.2) is 83.4 Å². The molecule has 0 aliphatic rings. The van der Waals surface area contributed by atoms with Crippen molar-refractivity contribution in [3.05, 3.63) is 118 Å². The highest BCUT2D eigenvalue weighted by Crippen LogP contribution is 2.38. The van der Waals surface area contributed by atoms with E-state index >= 15 is 0 Å². The van der Waals surface area contributed by atoms with Gasteiger partial charge in [-0.3, -0.25) is 4.79 Å². The Morgan fingerprint density at radius 2 is 1.65 bits per heavy atom. The Labute approximate surface area is 279 Å². The van der Waals surface area contributed by atoms with E-state index in [2.05, 4.69) is 15.5 Å². The Morgan fingerprint density at radius 3 is 2.25 bits per heavy atom. The van der Waals surface area contributed by atoms with Gasteiger partial charge in [-0.25, -0.2) is 4.39 Å². The van der Waals surface area contributed by atoms with E-state index in [1.165, 1.54) is 36.4 Å². The quantitative estimate of drug-likeness (QED) is 0.135. The second-order valence-corrected chi connectivity index (χ2v) is 12.1. The van der Waals surface area contributed by atoms with Gasteiger partial charge in [0.1, 0.15) is 23.4 Å². The molecule has 0 aliphatic carbocycles. The number of rotatable bonds is 11. The first kappa shape index (κ1) is 34.4. The van der Waals surface area contributed by atoms with Crippen molar-refractivity contribution in [3.8, 4) is 33.8 Å². The Balaban J connectivity index is 1.44. The minimum absolute atomic E-state index is 0.00556. The van der Waals surface area contributed by atoms with Crippen LogP contribution in [0.25, 0.3) is 22.3 Å². The summed E-state index contributed by atoms with van der Waals surface area (Å²) in [5.74, 6) is -0.568. The fraction of sp³-hybridized carbons (Fsp3) is 0.250. The van der Waals surface area contributed by atoms with Gasteiger partial charge in [0.05, 0.1) is 22.8 Å². The van der Waals surface area contributed by atoms with Crippen LogP contribution in [0.2, 0.25) is 5.02 Å². The molecule has 1 amide bonds. The number of halogens is 5. The molecule has 1 heterocycles. The predicted molar refractivity (Wildman–Crippen MR) is 173 cm³/mol. The van der Waals surface area contributed by atoms with Gasteiger partial charge < -0.3 is 19.7 Å². The third-order valence-corrected chi connectivity index (χ3v) is 7.90. The van der Waals surface area contributed by atoms with E-state index in [-0.39, 0.29) is 34.4 Å². The van der Waals surface area contributed by atoms with Crippen LogP contribution in [0.3, 0.4) is 0 Å². The summed E-state index contributed by atoms with van der Waals surface area (Å²) < 4.78 is 64.8. The number of nitrogens with one attached hydrogen (secondary N) is 1. The van der Waals surface area contributed by atoms with Crippen LogP contribution >= 0.6 is 11.6 Å². The zero-order chi connectivity index (χ0) is 34.6. The van der Waals surface area contributed by atoms with Gasteiger partial charge in [-0.15, -0.1) is 0 Å². The molecule has 0 fully saturated rings. The molecule has 7 nitrogen and oxygen atoms in total. The summed E-state index contributed by atoms with van der Waals surface area (Å²) >= 11 is 5.95. The number of carbonyl (C=O) groups is 1. The number of alkyl halides is 3. The lowest BCUT2D eigenvalue weighted by Gasteiger charge is -2.19. The molecule has 0 saturated heterocycles. The van der Waals surface area contributed by atoms with E-state index < -0.39 is 29.5 Å². The Bertz CT molecular complexity index is 1890. The maximum atomic E-state index is 13.7. The molecule has 12 heteroatoms. The molecule has 0 radical (unpaired) electrons. The molecule has 0 bridgehead atoms. The maximum absolute atomic E-state index is 13.7. The molecular formula is C36H32ClF4N3O4. The SMILES string of the molecule is Cc1noc([C@@H](Cc2ccc(-c3ccc(F)c(Cl)c3)cc2)NC(=O)c2cc(-c3ccc(C(F)(F)F)cc3)c(OCCC(C)C)cc2O)n1. The average Bonchev–Trinajstić information content (AvgIpc) is 3.48. The van der Waals surface area contributed by atoms with E-state index in [1.807, 2.05) is 38.1 Å². The number of phenolic OH excluding ortho intramolecular Hbond substituents is 1. The molecule has 2 N–H and O–H groups in total. The smallest absolute Gasteiger partial charge is 0.416 e. The van der Waals surface area contributed by atoms with Crippen LogP contribution in [0.5, 0.6) is 11.5 Å². The van der Waals surface area contributed by atoms with Crippen LogP contribution in [-0.4, -0.2) is 27.8 Å². The van der Waals surface area contributed by atoms with Crippen LogP contribution < -0.4 is 10.1 Å². The fourth-order valence-electron chi connectivity index (χ4n) is 4.97. The second-order valence-electron chi connectivity index (χ2n) is 11.7. The minimum Gasteiger partial charge on any atom is -0.507 e. The number of aryl methyl sites for hydroxylation is 1. The highest BCUT2D eigenvalue weighted by atomic mass is 35.5. The largest absolute Gasteiger partial charge is 0.507 e. The third kappa shape index (κ3) is 8.32. The predicted octanol–water partition coefficient (Wildman–Crippen LogP) is 9.37. The van der Waals surface area contributed by atoms with Crippen molar-refractivity contribution in [2.24, 2.45) is 5.92 Å². The normalized spacial score (nSPS) is 12.3. The van der Waals surface area contributed by atoms with Gasteiger partial charge >= 0.3 is 6.18 Å². The van der Waals surface area contributed by atoms with Gasteiger partial charge in [-0.2, -0.15) is 18.2 Å². The summed E-state index contributed by atoms with van der Waals surface area (Å²) in [5, 5.41) is 17.7. The van der Waals surface area contributed by atoms with Gasteiger partial charge in [0.2, 0.25) is 5.89 Å². The molecule has 0 unspecified atom stereocenters. The minimum atomic E-state index is -4.52. The highest BCUT2D eigenvalue weighted by molar-refractivity contribution is 6.31. The summed E-state index contributed by atoms with van der Waals surface area (Å²) in [7, 11) is 0. The fourth-order valence-corrected chi connectivity index (χ4v) is 5.16. The molecule has 5 rings (SSSR count). The first-order valence-electron chi connectivity index (χ1n) is 15.1. The number of ether oxygens (including phenoxy) is 1. The molecule has 4 aromatic carbocycles. The summed E-state index contributed by atoms with van der Waals surface area (Å²) in [6.07, 6.45) is -3.60.